The van der Waals surface area contributed by atoms with Crippen molar-refractivity contribution in [3.8, 4) is 17.7 Å². The van der Waals surface area contributed by atoms with Crippen LogP contribution in [0.15, 0.2) is 30.5 Å². The highest BCUT2D eigenvalue weighted by molar-refractivity contribution is 7.14. The van der Waals surface area contributed by atoms with Crippen molar-refractivity contribution >= 4 is 17.2 Å². The topological polar surface area (TPSA) is 77.2 Å². The summed E-state index contributed by atoms with van der Waals surface area (Å²) < 4.78 is 4.98. The van der Waals surface area contributed by atoms with E-state index in [0.717, 1.165) is 10.4 Å². The first-order valence-electron chi connectivity index (χ1n) is 6.29. The Hall–Kier alpha value is -2.36. The maximum absolute atomic E-state index is 12.0. The molecule has 0 saturated heterocycles. The zero-order chi connectivity index (χ0) is 15.1. The van der Waals surface area contributed by atoms with E-state index in [1.54, 1.807) is 25.4 Å². The molecule has 0 spiro atoms. The van der Waals surface area contributed by atoms with Gasteiger partial charge in [-0.1, -0.05) is 17.9 Å². The van der Waals surface area contributed by atoms with Crippen molar-refractivity contribution in [2.75, 3.05) is 13.7 Å². The molecule has 0 radical (unpaired) electrons. The van der Waals surface area contributed by atoms with Crippen LogP contribution in [0.1, 0.15) is 20.1 Å². The number of aromatic nitrogens is 1. The molecule has 6 heteroatoms. The lowest BCUT2D eigenvalue weighted by Crippen LogP contribution is -2.21. The summed E-state index contributed by atoms with van der Waals surface area (Å²) in [5.41, 5.74) is 6.22. The van der Waals surface area contributed by atoms with Gasteiger partial charge in [-0.25, -0.2) is 4.98 Å². The zero-order valence-corrected chi connectivity index (χ0v) is 12.4. The summed E-state index contributed by atoms with van der Waals surface area (Å²) >= 11 is 1.35. The molecule has 5 nitrogen and oxygen atoms in total. The van der Waals surface area contributed by atoms with Crippen molar-refractivity contribution in [1.82, 2.24) is 10.3 Å². The third-order valence-corrected chi connectivity index (χ3v) is 3.60. The number of amides is 1. The second kappa shape index (κ2) is 7.43. The number of hydrogen-bond donors (Lipinski definition) is 2. The predicted molar refractivity (Wildman–Crippen MR) is 82.2 cm³/mol. The second-order valence-electron chi connectivity index (χ2n) is 4.06. The van der Waals surface area contributed by atoms with E-state index < -0.39 is 0 Å². The summed E-state index contributed by atoms with van der Waals surface area (Å²) in [4.78, 5) is 17.5. The van der Waals surface area contributed by atoms with Gasteiger partial charge in [0.05, 0.1) is 23.4 Å². The number of rotatable bonds is 4. The number of nitrogens with zero attached hydrogens (tertiary/aromatic N) is 1. The lowest BCUT2D eigenvalue weighted by molar-refractivity contribution is 0.0955. The fraction of sp³-hybridized carbons (Fsp3) is 0.200. The monoisotopic (exact) mass is 301 g/mol. The molecule has 0 aliphatic rings. The Morgan fingerprint density at radius 3 is 2.95 bits per heavy atom. The second-order valence-corrected chi connectivity index (χ2v) is 5.15. The minimum absolute atomic E-state index is 0.128. The van der Waals surface area contributed by atoms with E-state index in [1.807, 2.05) is 12.1 Å². The number of ether oxygens (including phenoxy) is 1. The van der Waals surface area contributed by atoms with Gasteiger partial charge in [0.15, 0.2) is 0 Å². The van der Waals surface area contributed by atoms with Gasteiger partial charge in [0, 0.05) is 18.8 Å². The lowest BCUT2D eigenvalue weighted by atomic mass is 10.3. The quantitative estimate of drug-likeness (QED) is 0.837. The Bertz CT molecular complexity index is 668. The maximum Gasteiger partial charge on any atom is 0.261 e. The lowest BCUT2D eigenvalue weighted by Gasteiger charge is -2.04. The summed E-state index contributed by atoms with van der Waals surface area (Å²) in [6.07, 6.45) is 1.67. The number of pyridine rings is 1. The fourth-order valence-electron chi connectivity index (χ4n) is 1.57. The summed E-state index contributed by atoms with van der Waals surface area (Å²) in [6, 6.07) is 7.19. The Morgan fingerprint density at radius 2 is 2.29 bits per heavy atom. The van der Waals surface area contributed by atoms with Crippen molar-refractivity contribution in [1.29, 1.82) is 0 Å². The summed E-state index contributed by atoms with van der Waals surface area (Å²) in [5, 5.41) is 2.84. The molecular formula is C15H15N3O2S. The van der Waals surface area contributed by atoms with E-state index >= 15 is 0 Å². The Morgan fingerprint density at radius 1 is 1.43 bits per heavy atom. The maximum atomic E-state index is 12.0. The van der Waals surface area contributed by atoms with E-state index in [2.05, 4.69) is 22.1 Å². The first kappa shape index (κ1) is 15.0. The van der Waals surface area contributed by atoms with E-state index in [1.165, 1.54) is 11.3 Å². The standard InChI is InChI=1S/C15H15N3O2S/c1-20-14-7-4-11(9-17-14)10-18-15(19)13-6-5-12(21-13)3-2-8-16/h4-7,9H,8,10,16H2,1H3,(H,18,19). The number of methoxy groups -OCH3 is 1. The van der Waals surface area contributed by atoms with Gasteiger partial charge in [-0.2, -0.15) is 0 Å². The van der Waals surface area contributed by atoms with Crippen molar-refractivity contribution in [3.05, 3.63) is 45.8 Å². The van der Waals surface area contributed by atoms with Crippen LogP contribution in [0.5, 0.6) is 5.88 Å². The Labute approximate surface area is 127 Å². The van der Waals surface area contributed by atoms with Crippen LogP contribution < -0.4 is 15.8 Å². The van der Waals surface area contributed by atoms with Gasteiger partial charge in [-0.15, -0.1) is 11.3 Å². The summed E-state index contributed by atoms with van der Waals surface area (Å²) in [7, 11) is 1.56. The van der Waals surface area contributed by atoms with Gasteiger partial charge < -0.3 is 15.8 Å². The Balaban J connectivity index is 1.93. The molecule has 2 heterocycles. The molecular weight excluding hydrogens is 286 g/mol. The third-order valence-electron chi connectivity index (χ3n) is 2.60. The highest BCUT2D eigenvalue weighted by atomic mass is 32.1. The molecule has 0 atom stereocenters. The Kier molecular flexibility index (Phi) is 5.32. The molecule has 21 heavy (non-hydrogen) atoms. The smallest absolute Gasteiger partial charge is 0.261 e. The van der Waals surface area contributed by atoms with E-state index in [4.69, 9.17) is 10.5 Å². The predicted octanol–water partition coefficient (Wildman–Crippen LogP) is 1.39. The molecule has 108 valence electrons. The van der Waals surface area contributed by atoms with Crippen LogP contribution in [0.25, 0.3) is 0 Å². The average Bonchev–Trinajstić information content (AvgIpc) is 3.00. The van der Waals surface area contributed by atoms with Gasteiger partial charge in [0.2, 0.25) is 5.88 Å². The number of carbonyl (C=O) groups excluding carboxylic acids is 1. The van der Waals surface area contributed by atoms with Crippen molar-refractivity contribution in [2.24, 2.45) is 5.73 Å². The van der Waals surface area contributed by atoms with Crippen LogP contribution in [0.3, 0.4) is 0 Å². The summed E-state index contributed by atoms with van der Waals surface area (Å²) in [5.74, 6) is 6.09. The van der Waals surface area contributed by atoms with E-state index in [9.17, 15) is 4.79 Å². The minimum atomic E-state index is -0.128. The molecule has 0 aliphatic carbocycles. The van der Waals surface area contributed by atoms with Gasteiger partial charge in [0.25, 0.3) is 5.91 Å². The van der Waals surface area contributed by atoms with Crippen molar-refractivity contribution in [2.45, 2.75) is 6.54 Å². The van der Waals surface area contributed by atoms with Gasteiger partial charge >= 0.3 is 0 Å². The molecule has 3 N–H and O–H groups in total. The van der Waals surface area contributed by atoms with Gasteiger partial charge in [0.1, 0.15) is 0 Å². The van der Waals surface area contributed by atoms with Gasteiger partial charge in [-0.05, 0) is 17.7 Å². The van der Waals surface area contributed by atoms with Crippen molar-refractivity contribution in [3.63, 3.8) is 0 Å². The zero-order valence-electron chi connectivity index (χ0n) is 11.6. The highest BCUT2D eigenvalue weighted by Crippen LogP contribution is 2.15. The number of hydrogen-bond acceptors (Lipinski definition) is 5. The minimum Gasteiger partial charge on any atom is -0.481 e. The third kappa shape index (κ3) is 4.31. The molecule has 2 aromatic rings. The molecule has 0 fully saturated rings. The van der Waals surface area contributed by atoms with Crippen LogP contribution in [0.2, 0.25) is 0 Å². The van der Waals surface area contributed by atoms with Crippen LogP contribution in [0.4, 0.5) is 0 Å². The van der Waals surface area contributed by atoms with Crippen LogP contribution in [-0.4, -0.2) is 24.5 Å². The first-order chi connectivity index (χ1) is 10.2. The average molecular weight is 301 g/mol. The molecule has 1 amide bonds. The van der Waals surface area contributed by atoms with Crippen LogP contribution >= 0.6 is 11.3 Å². The molecule has 0 bridgehead atoms. The van der Waals surface area contributed by atoms with Gasteiger partial charge in [-0.3, -0.25) is 4.79 Å². The molecule has 2 aromatic heterocycles. The molecule has 0 saturated carbocycles. The van der Waals surface area contributed by atoms with E-state index in [0.29, 0.717) is 23.8 Å². The number of nitrogens with two attached hydrogens (primary N) is 1. The molecule has 2 rings (SSSR count). The molecule has 0 aromatic carbocycles. The number of thiophene rings is 1. The summed E-state index contributed by atoms with van der Waals surface area (Å²) in [6.45, 7) is 0.724. The number of carbonyl (C=O) groups is 1. The van der Waals surface area contributed by atoms with Crippen LogP contribution in [-0.2, 0) is 6.54 Å². The largest absolute Gasteiger partial charge is 0.481 e. The SMILES string of the molecule is COc1ccc(CNC(=O)c2ccc(C#CCN)s2)cn1. The first-order valence-corrected chi connectivity index (χ1v) is 7.10. The van der Waals surface area contributed by atoms with Crippen molar-refractivity contribution < 1.29 is 9.53 Å². The molecule has 0 unspecified atom stereocenters. The van der Waals surface area contributed by atoms with Crippen LogP contribution in [0, 0.1) is 11.8 Å². The molecule has 0 aliphatic heterocycles. The van der Waals surface area contributed by atoms with E-state index in [-0.39, 0.29) is 5.91 Å². The normalized spacial score (nSPS) is 9.62. The number of nitrogens with one attached hydrogen (secondary N) is 1. The highest BCUT2D eigenvalue weighted by Gasteiger charge is 2.08. The fourth-order valence-corrected chi connectivity index (χ4v) is 2.37.